The van der Waals surface area contributed by atoms with Gasteiger partial charge < -0.3 is 5.32 Å². The molecule has 1 aromatic heterocycles. The van der Waals surface area contributed by atoms with Gasteiger partial charge in [-0.25, -0.2) is 0 Å². The van der Waals surface area contributed by atoms with E-state index in [9.17, 15) is 4.79 Å². The van der Waals surface area contributed by atoms with E-state index < -0.39 is 0 Å². The first-order chi connectivity index (χ1) is 9.28. The molecule has 0 radical (unpaired) electrons. The molecular weight excluding hydrogens is 254 g/mol. The van der Waals surface area contributed by atoms with E-state index in [0.717, 1.165) is 16.9 Å². The SMILES string of the molecule is CCc1ccc(C=CC(=O)NCc2cccs2)cc1. The minimum atomic E-state index is -0.0621. The summed E-state index contributed by atoms with van der Waals surface area (Å²) < 4.78 is 0. The lowest BCUT2D eigenvalue weighted by molar-refractivity contribution is -0.116. The Balaban J connectivity index is 1.85. The van der Waals surface area contributed by atoms with Gasteiger partial charge in [0.1, 0.15) is 0 Å². The maximum absolute atomic E-state index is 11.6. The van der Waals surface area contributed by atoms with Crippen LogP contribution in [0.2, 0.25) is 0 Å². The van der Waals surface area contributed by atoms with Crippen LogP contribution in [0.3, 0.4) is 0 Å². The molecule has 0 saturated heterocycles. The van der Waals surface area contributed by atoms with Crippen molar-refractivity contribution in [3.63, 3.8) is 0 Å². The maximum atomic E-state index is 11.6. The molecule has 2 rings (SSSR count). The number of nitrogens with one attached hydrogen (secondary N) is 1. The molecule has 0 aliphatic carbocycles. The topological polar surface area (TPSA) is 29.1 Å². The predicted octanol–water partition coefficient (Wildman–Crippen LogP) is 3.64. The Morgan fingerprint density at radius 1 is 1.26 bits per heavy atom. The van der Waals surface area contributed by atoms with Crippen LogP contribution in [-0.4, -0.2) is 5.91 Å². The van der Waals surface area contributed by atoms with Gasteiger partial charge in [-0.05, 0) is 35.1 Å². The van der Waals surface area contributed by atoms with Crippen molar-refractivity contribution in [2.45, 2.75) is 19.9 Å². The van der Waals surface area contributed by atoms with Gasteiger partial charge >= 0.3 is 0 Å². The first-order valence-corrected chi connectivity index (χ1v) is 7.23. The normalized spacial score (nSPS) is 10.8. The van der Waals surface area contributed by atoms with Crippen LogP contribution in [0.5, 0.6) is 0 Å². The van der Waals surface area contributed by atoms with Gasteiger partial charge in [-0.15, -0.1) is 11.3 Å². The highest BCUT2D eigenvalue weighted by atomic mass is 32.1. The van der Waals surface area contributed by atoms with E-state index >= 15 is 0 Å². The average molecular weight is 271 g/mol. The number of thiophene rings is 1. The lowest BCUT2D eigenvalue weighted by atomic mass is 10.1. The first kappa shape index (κ1) is 13.6. The molecule has 19 heavy (non-hydrogen) atoms. The summed E-state index contributed by atoms with van der Waals surface area (Å²) in [6.45, 7) is 2.72. The summed E-state index contributed by atoms with van der Waals surface area (Å²) >= 11 is 1.64. The van der Waals surface area contributed by atoms with Crippen LogP contribution >= 0.6 is 11.3 Å². The van der Waals surface area contributed by atoms with Crippen LogP contribution in [0.1, 0.15) is 22.9 Å². The molecule has 0 unspecified atom stereocenters. The largest absolute Gasteiger partial charge is 0.348 e. The lowest BCUT2D eigenvalue weighted by Gasteiger charge is -1.99. The third kappa shape index (κ3) is 4.38. The number of hydrogen-bond acceptors (Lipinski definition) is 2. The van der Waals surface area contributed by atoms with Crippen LogP contribution in [0.4, 0.5) is 0 Å². The Kier molecular flexibility index (Phi) is 4.93. The molecule has 1 aromatic carbocycles. The number of rotatable bonds is 5. The van der Waals surface area contributed by atoms with Gasteiger partial charge in [0.05, 0.1) is 6.54 Å². The minimum absolute atomic E-state index is 0.0621. The number of benzene rings is 1. The third-order valence-electron chi connectivity index (χ3n) is 2.83. The first-order valence-electron chi connectivity index (χ1n) is 6.35. The monoisotopic (exact) mass is 271 g/mol. The van der Waals surface area contributed by atoms with Gasteiger partial charge in [-0.2, -0.15) is 0 Å². The summed E-state index contributed by atoms with van der Waals surface area (Å²) in [5.41, 5.74) is 2.35. The number of amides is 1. The molecule has 1 heterocycles. The highest BCUT2D eigenvalue weighted by Gasteiger charge is 1.97. The Morgan fingerprint density at radius 2 is 2.05 bits per heavy atom. The number of carbonyl (C=O) groups excluding carboxylic acids is 1. The smallest absolute Gasteiger partial charge is 0.244 e. The molecule has 0 aliphatic heterocycles. The third-order valence-corrected chi connectivity index (χ3v) is 3.71. The van der Waals surface area contributed by atoms with Crippen molar-refractivity contribution in [3.8, 4) is 0 Å². The van der Waals surface area contributed by atoms with Crippen LogP contribution in [0.25, 0.3) is 6.08 Å². The molecule has 0 saturated carbocycles. The van der Waals surface area contributed by atoms with E-state index in [2.05, 4.69) is 24.4 Å². The molecule has 0 fully saturated rings. The van der Waals surface area contributed by atoms with Crippen molar-refractivity contribution < 1.29 is 4.79 Å². The van der Waals surface area contributed by atoms with E-state index in [-0.39, 0.29) is 5.91 Å². The Hall–Kier alpha value is -1.87. The molecule has 0 atom stereocenters. The lowest BCUT2D eigenvalue weighted by Crippen LogP contribution is -2.19. The predicted molar refractivity (Wildman–Crippen MR) is 81.0 cm³/mol. The summed E-state index contributed by atoms with van der Waals surface area (Å²) in [5.74, 6) is -0.0621. The summed E-state index contributed by atoms with van der Waals surface area (Å²) in [5, 5.41) is 4.87. The highest BCUT2D eigenvalue weighted by molar-refractivity contribution is 7.09. The molecule has 98 valence electrons. The molecule has 1 amide bonds. The van der Waals surface area contributed by atoms with Gasteiger partial charge in [-0.1, -0.05) is 37.3 Å². The number of carbonyl (C=O) groups is 1. The average Bonchev–Trinajstić information content (AvgIpc) is 2.96. The number of aryl methyl sites for hydroxylation is 1. The molecule has 1 N–H and O–H groups in total. The van der Waals surface area contributed by atoms with Crippen LogP contribution in [0, 0.1) is 0 Å². The zero-order valence-electron chi connectivity index (χ0n) is 10.9. The fourth-order valence-electron chi connectivity index (χ4n) is 1.68. The number of hydrogen-bond donors (Lipinski definition) is 1. The Labute approximate surface area is 117 Å². The van der Waals surface area contributed by atoms with E-state index in [1.165, 1.54) is 5.56 Å². The summed E-state index contributed by atoms with van der Waals surface area (Å²) in [6, 6.07) is 12.2. The summed E-state index contributed by atoms with van der Waals surface area (Å²) in [4.78, 5) is 12.8. The van der Waals surface area contributed by atoms with E-state index in [0.29, 0.717) is 6.54 Å². The van der Waals surface area contributed by atoms with Crippen molar-refractivity contribution in [2.24, 2.45) is 0 Å². The molecule has 0 aliphatic rings. The van der Waals surface area contributed by atoms with Gasteiger partial charge in [0.2, 0.25) is 5.91 Å². The molecule has 2 aromatic rings. The fraction of sp³-hybridized carbons (Fsp3) is 0.188. The standard InChI is InChI=1S/C16H17NOS/c1-2-13-5-7-14(8-6-13)9-10-16(18)17-12-15-4-3-11-19-15/h3-11H,2,12H2,1H3,(H,17,18). The van der Waals surface area contributed by atoms with Crippen LogP contribution in [-0.2, 0) is 17.8 Å². The van der Waals surface area contributed by atoms with Crippen molar-refractivity contribution in [1.82, 2.24) is 5.32 Å². The van der Waals surface area contributed by atoms with Crippen molar-refractivity contribution in [1.29, 1.82) is 0 Å². The van der Waals surface area contributed by atoms with E-state index in [1.54, 1.807) is 17.4 Å². The van der Waals surface area contributed by atoms with Crippen molar-refractivity contribution >= 4 is 23.3 Å². The van der Waals surface area contributed by atoms with Crippen molar-refractivity contribution in [2.75, 3.05) is 0 Å². The highest BCUT2D eigenvalue weighted by Crippen LogP contribution is 2.08. The van der Waals surface area contributed by atoms with Gasteiger partial charge in [0.15, 0.2) is 0 Å². The summed E-state index contributed by atoms with van der Waals surface area (Å²) in [6.07, 6.45) is 4.45. The quantitative estimate of drug-likeness (QED) is 0.826. The van der Waals surface area contributed by atoms with Crippen LogP contribution < -0.4 is 5.32 Å². The molecule has 0 spiro atoms. The summed E-state index contributed by atoms with van der Waals surface area (Å²) in [7, 11) is 0. The molecule has 2 nitrogen and oxygen atoms in total. The molecule has 0 bridgehead atoms. The Morgan fingerprint density at radius 3 is 2.68 bits per heavy atom. The minimum Gasteiger partial charge on any atom is -0.348 e. The van der Waals surface area contributed by atoms with Gasteiger partial charge in [0.25, 0.3) is 0 Å². The second-order valence-electron chi connectivity index (χ2n) is 4.23. The van der Waals surface area contributed by atoms with Crippen molar-refractivity contribution in [3.05, 3.63) is 63.9 Å². The zero-order chi connectivity index (χ0) is 13.5. The molecule has 3 heteroatoms. The maximum Gasteiger partial charge on any atom is 0.244 e. The second-order valence-corrected chi connectivity index (χ2v) is 5.26. The van der Waals surface area contributed by atoms with E-state index in [4.69, 9.17) is 0 Å². The molecular formula is C16H17NOS. The van der Waals surface area contributed by atoms with E-state index in [1.807, 2.05) is 35.7 Å². The Bertz CT molecular complexity index is 541. The van der Waals surface area contributed by atoms with Gasteiger partial charge in [0, 0.05) is 11.0 Å². The van der Waals surface area contributed by atoms with Gasteiger partial charge in [-0.3, -0.25) is 4.79 Å². The fourth-order valence-corrected chi connectivity index (χ4v) is 2.33. The second kappa shape index (κ2) is 6.90. The zero-order valence-corrected chi connectivity index (χ0v) is 11.7. The van der Waals surface area contributed by atoms with Crippen LogP contribution in [0.15, 0.2) is 47.9 Å².